The van der Waals surface area contributed by atoms with Gasteiger partial charge in [-0.2, -0.15) is 0 Å². The number of rotatable bonds is 3. The Kier molecular flexibility index (Phi) is 4.84. The van der Waals surface area contributed by atoms with Crippen molar-refractivity contribution in [2.45, 2.75) is 78.2 Å². The van der Waals surface area contributed by atoms with E-state index in [0.29, 0.717) is 30.6 Å². The van der Waals surface area contributed by atoms with Crippen LogP contribution in [-0.2, 0) is 19.1 Å². The third kappa shape index (κ3) is 2.87. The molecule has 0 aromatic carbocycles. The van der Waals surface area contributed by atoms with Gasteiger partial charge in [-0.25, -0.2) is 0 Å². The Hall–Kier alpha value is -1.49. The van der Waals surface area contributed by atoms with Crippen LogP contribution in [0.1, 0.15) is 72.6 Å². The van der Waals surface area contributed by atoms with Crippen molar-refractivity contribution in [3.63, 3.8) is 0 Å². The molecule has 0 radical (unpaired) electrons. The molecule has 160 valence electrons. The number of fused-ring (bicyclic) bond motifs is 5. The molecule has 0 saturated heterocycles. The molecule has 29 heavy (non-hydrogen) atoms. The largest absolute Gasteiger partial charge is 0.458 e. The smallest absolute Gasteiger partial charge is 0.303 e. The monoisotopic (exact) mass is 402 g/mol. The van der Waals surface area contributed by atoms with Gasteiger partial charge < -0.3 is 9.84 Å². The van der Waals surface area contributed by atoms with Crippen molar-refractivity contribution in [2.24, 2.45) is 34.5 Å². The molecular weight excluding hydrogens is 368 g/mol. The summed E-state index contributed by atoms with van der Waals surface area (Å²) in [6.45, 7) is 7.60. The molecular formula is C24H34O5. The van der Waals surface area contributed by atoms with Crippen molar-refractivity contribution >= 4 is 17.5 Å². The molecule has 3 fully saturated rings. The standard InChI is InChI=1S/C24H34O5/c1-14-11-17-18(22(3)8-5-16(26)12-20(14)22)6-9-23(4)19(17)7-10-24(23,28)21(27)13-29-15(2)25/h12,14,17-19,28H,5-11,13H2,1-4H3/t14?,17-,18+,19+,22-,23+,24+/m1/s1. The molecule has 3 saturated carbocycles. The Balaban J connectivity index is 1.64. The molecule has 4 aliphatic rings. The van der Waals surface area contributed by atoms with Crippen LogP contribution in [0.15, 0.2) is 11.6 Å². The summed E-state index contributed by atoms with van der Waals surface area (Å²) < 4.78 is 4.94. The van der Waals surface area contributed by atoms with Crippen molar-refractivity contribution < 1.29 is 24.2 Å². The van der Waals surface area contributed by atoms with E-state index in [0.717, 1.165) is 32.1 Å². The minimum atomic E-state index is -1.42. The van der Waals surface area contributed by atoms with Gasteiger partial charge in [0.05, 0.1) is 0 Å². The van der Waals surface area contributed by atoms with E-state index in [2.05, 4.69) is 20.8 Å². The van der Waals surface area contributed by atoms with E-state index >= 15 is 0 Å². The number of ketones is 2. The fourth-order valence-electron chi connectivity index (χ4n) is 7.75. The van der Waals surface area contributed by atoms with Crippen LogP contribution < -0.4 is 0 Å². The van der Waals surface area contributed by atoms with Crippen molar-refractivity contribution in [1.82, 2.24) is 0 Å². The molecule has 1 N–H and O–H groups in total. The highest BCUT2D eigenvalue weighted by atomic mass is 16.5. The fraction of sp³-hybridized carbons (Fsp3) is 0.792. The van der Waals surface area contributed by atoms with Crippen molar-refractivity contribution in [2.75, 3.05) is 6.61 Å². The molecule has 0 bridgehead atoms. The van der Waals surface area contributed by atoms with Crippen molar-refractivity contribution in [3.05, 3.63) is 11.6 Å². The molecule has 0 aromatic rings. The van der Waals surface area contributed by atoms with Gasteiger partial charge in [0.25, 0.3) is 0 Å². The summed E-state index contributed by atoms with van der Waals surface area (Å²) >= 11 is 0. The van der Waals surface area contributed by atoms with Crippen LogP contribution in [-0.4, -0.2) is 34.9 Å². The summed E-state index contributed by atoms with van der Waals surface area (Å²) in [6.07, 6.45) is 7.54. The van der Waals surface area contributed by atoms with Crippen LogP contribution in [0.4, 0.5) is 0 Å². The molecule has 0 aliphatic heterocycles. The van der Waals surface area contributed by atoms with Gasteiger partial charge in [-0.1, -0.05) is 26.3 Å². The van der Waals surface area contributed by atoms with Crippen LogP contribution in [0.3, 0.4) is 0 Å². The number of esters is 1. The predicted octanol–water partition coefficient (Wildman–Crippen LogP) is 3.63. The van der Waals surface area contributed by atoms with Gasteiger partial charge in [0.2, 0.25) is 5.78 Å². The minimum Gasteiger partial charge on any atom is -0.458 e. The maximum absolute atomic E-state index is 12.9. The van der Waals surface area contributed by atoms with E-state index in [1.54, 1.807) is 0 Å². The van der Waals surface area contributed by atoms with Crippen LogP contribution in [0.25, 0.3) is 0 Å². The second-order valence-corrected chi connectivity index (χ2v) is 10.6. The second-order valence-electron chi connectivity index (χ2n) is 10.6. The first kappa shape index (κ1) is 20.8. The highest BCUT2D eigenvalue weighted by Crippen LogP contribution is 2.68. The molecule has 5 nitrogen and oxygen atoms in total. The first-order valence-corrected chi connectivity index (χ1v) is 11.2. The normalized spacial score (nSPS) is 46.2. The van der Waals surface area contributed by atoms with E-state index in [1.807, 2.05) is 6.08 Å². The predicted molar refractivity (Wildman–Crippen MR) is 108 cm³/mol. The molecule has 0 spiro atoms. The summed E-state index contributed by atoms with van der Waals surface area (Å²) in [5, 5.41) is 11.5. The molecule has 7 atom stereocenters. The number of aliphatic hydroxyl groups is 1. The Morgan fingerprint density at radius 1 is 1.17 bits per heavy atom. The summed E-state index contributed by atoms with van der Waals surface area (Å²) in [6, 6.07) is 0. The maximum atomic E-state index is 12.9. The van der Waals surface area contributed by atoms with Crippen LogP contribution >= 0.6 is 0 Å². The lowest BCUT2D eigenvalue weighted by atomic mass is 9.44. The Morgan fingerprint density at radius 2 is 1.86 bits per heavy atom. The molecule has 5 heteroatoms. The second kappa shape index (κ2) is 6.76. The third-order valence-electron chi connectivity index (χ3n) is 9.30. The van der Waals surface area contributed by atoms with Crippen molar-refractivity contribution in [1.29, 1.82) is 0 Å². The number of Topliss-reactive ketones (excluding diaryl/α,β-unsaturated/α-hetero) is 1. The van der Waals surface area contributed by atoms with Gasteiger partial charge in [-0.3, -0.25) is 14.4 Å². The quantitative estimate of drug-likeness (QED) is 0.729. The minimum absolute atomic E-state index is 0.0556. The average Bonchev–Trinajstić information content (AvgIpc) is 2.94. The van der Waals surface area contributed by atoms with Crippen LogP contribution in [0, 0.1) is 34.5 Å². The Labute approximate surface area is 173 Å². The van der Waals surface area contributed by atoms with E-state index in [4.69, 9.17) is 4.74 Å². The van der Waals surface area contributed by atoms with Crippen molar-refractivity contribution in [3.8, 4) is 0 Å². The van der Waals surface area contributed by atoms with Gasteiger partial charge in [-0.15, -0.1) is 0 Å². The zero-order valence-electron chi connectivity index (χ0n) is 18.1. The lowest BCUT2D eigenvalue weighted by molar-refractivity contribution is -0.170. The van der Waals surface area contributed by atoms with E-state index in [-0.39, 0.29) is 29.5 Å². The molecule has 0 heterocycles. The number of hydrogen-bond donors (Lipinski definition) is 1. The zero-order chi connectivity index (χ0) is 21.2. The Morgan fingerprint density at radius 3 is 2.55 bits per heavy atom. The van der Waals surface area contributed by atoms with E-state index in [9.17, 15) is 19.5 Å². The third-order valence-corrected chi connectivity index (χ3v) is 9.30. The fourth-order valence-corrected chi connectivity index (χ4v) is 7.75. The van der Waals surface area contributed by atoms with Crippen LogP contribution in [0.5, 0.6) is 0 Å². The van der Waals surface area contributed by atoms with E-state index in [1.165, 1.54) is 12.5 Å². The highest BCUT2D eigenvalue weighted by molar-refractivity contribution is 5.92. The van der Waals surface area contributed by atoms with Crippen LogP contribution in [0.2, 0.25) is 0 Å². The maximum Gasteiger partial charge on any atom is 0.303 e. The Bertz CT molecular complexity index is 784. The molecule has 1 unspecified atom stereocenters. The first-order valence-electron chi connectivity index (χ1n) is 11.2. The summed E-state index contributed by atoms with van der Waals surface area (Å²) in [5.74, 6) is 1.01. The molecule has 0 aromatic heterocycles. The molecule has 0 amide bonds. The lowest BCUT2D eigenvalue weighted by Gasteiger charge is -2.60. The average molecular weight is 403 g/mol. The lowest BCUT2D eigenvalue weighted by Crippen LogP contribution is -2.58. The molecule has 4 aliphatic carbocycles. The highest BCUT2D eigenvalue weighted by Gasteiger charge is 2.66. The van der Waals surface area contributed by atoms with Gasteiger partial charge in [0.15, 0.2) is 12.4 Å². The summed E-state index contributed by atoms with van der Waals surface area (Å²) in [7, 11) is 0. The van der Waals surface area contributed by atoms with E-state index < -0.39 is 17.0 Å². The first-order chi connectivity index (χ1) is 13.5. The summed E-state index contributed by atoms with van der Waals surface area (Å²) in [4.78, 5) is 36.2. The van der Waals surface area contributed by atoms with Gasteiger partial charge in [0.1, 0.15) is 5.60 Å². The number of carbonyl (C=O) groups is 3. The van der Waals surface area contributed by atoms with Gasteiger partial charge in [-0.05, 0) is 73.7 Å². The summed E-state index contributed by atoms with van der Waals surface area (Å²) in [5.41, 5.74) is -0.508. The SMILES string of the molecule is CC(=O)OCC(=O)[C@@]1(O)CC[C@H]2[C@@H]3CC(C)C4=CC(=O)CC[C@]4(C)[C@H]3CC[C@@]21C. The molecule has 4 rings (SSSR count). The topological polar surface area (TPSA) is 80.7 Å². The van der Waals surface area contributed by atoms with Gasteiger partial charge >= 0.3 is 5.97 Å². The number of ether oxygens (including phenoxy) is 1. The number of carbonyl (C=O) groups excluding carboxylic acids is 3. The number of hydrogen-bond acceptors (Lipinski definition) is 5. The number of allylic oxidation sites excluding steroid dienone is 1. The zero-order valence-corrected chi connectivity index (χ0v) is 18.1. The van der Waals surface area contributed by atoms with Gasteiger partial charge in [0, 0.05) is 18.8 Å².